The van der Waals surface area contributed by atoms with Gasteiger partial charge in [-0.15, -0.1) is 0 Å². The van der Waals surface area contributed by atoms with E-state index in [1.807, 2.05) is 0 Å². The third kappa shape index (κ3) is 4.59. The van der Waals surface area contributed by atoms with Crippen molar-refractivity contribution in [3.05, 3.63) is 28.7 Å². The van der Waals surface area contributed by atoms with E-state index >= 15 is 0 Å². The van der Waals surface area contributed by atoms with Crippen LogP contribution in [0.2, 0.25) is 0 Å². The highest BCUT2D eigenvalue weighted by atomic mass is 19.1. The van der Waals surface area contributed by atoms with E-state index < -0.39 is 23.9 Å². The lowest BCUT2D eigenvalue weighted by atomic mass is 10.1. The zero-order valence-electron chi connectivity index (χ0n) is 15.7. The zero-order chi connectivity index (χ0) is 20.1. The molecule has 2 N–H and O–H groups in total. The second-order valence-corrected chi connectivity index (χ2v) is 6.79. The average molecular weight is 393 g/mol. The van der Waals surface area contributed by atoms with Crippen LogP contribution in [-0.4, -0.2) is 59.9 Å². The molecule has 2 aliphatic rings. The van der Waals surface area contributed by atoms with Crippen LogP contribution in [0.25, 0.3) is 6.08 Å². The Morgan fingerprint density at radius 3 is 2.89 bits per heavy atom. The number of rotatable bonds is 5. The Morgan fingerprint density at radius 1 is 1.46 bits per heavy atom. The van der Waals surface area contributed by atoms with Gasteiger partial charge in [-0.3, -0.25) is 9.69 Å². The van der Waals surface area contributed by atoms with E-state index in [0.717, 1.165) is 23.3 Å². The quantitative estimate of drug-likeness (QED) is 0.795. The molecule has 0 aromatic carbocycles. The molecular weight excluding hydrogens is 369 g/mol. The molecule has 0 bridgehead atoms. The van der Waals surface area contributed by atoms with E-state index in [9.17, 15) is 14.0 Å². The van der Waals surface area contributed by atoms with Crippen LogP contribution in [0, 0.1) is 5.82 Å². The molecule has 0 radical (unpaired) electrons. The maximum absolute atomic E-state index is 14.5. The molecule has 3 rings (SSSR count). The molecule has 2 aliphatic heterocycles. The summed E-state index contributed by atoms with van der Waals surface area (Å²) in [5.74, 6) is -0.685. The SMILES string of the molecule is COc1nc(C=C2CCOCC2)c(F)cc1CNC(=O)C1CCCN1C(=O)O. The predicted octanol–water partition coefficient (Wildman–Crippen LogP) is 2.18. The van der Waals surface area contributed by atoms with Crippen molar-refractivity contribution in [3.8, 4) is 5.88 Å². The number of hydrogen-bond acceptors (Lipinski definition) is 5. The summed E-state index contributed by atoms with van der Waals surface area (Å²) in [5, 5.41) is 11.8. The Hall–Kier alpha value is -2.68. The van der Waals surface area contributed by atoms with E-state index in [1.165, 1.54) is 13.2 Å². The number of halogens is 1. The summed E-state index contributed by atoms with van der Waals surface area (Å²) in [6.45, 7) is 1.56. The number of carbonyl (C=O) groups is 2. The van der Waals surface area contributed by atoms with Gasteiger partial charge in [0.2, 0.25) is 11.8 Å². The molecule has 2 amide bonds. The Kier molecular flexibility index (Phi) is 6.45. The van der Waals surface area contributed by atoms with E-state index in [4.69, 9.17) is 14.6 Å². The van der Waals surface area contributed by atoms with Crippen molar-refractivity contribution >= 4 is 18.1 Å². The van der Waals surface area contributed by atoms with Crippen LogP contribution in [0.1, 0.15) is 36.9 Å². The fourth-order valence-corrected chi connectivity index (χ4v) is 3.47. The third-order valence-electron chi connectivity index (χ3n) is 4.97. The molecule has 3 heterocycles. The zero-order valence-corrected chi connectivity index (χ0v) is 15.7. The topological polar surface area (TPSA) is 101 Å². The van der Waals surface area contributed by atoms with Gasteiger partial charge in [-0.2, -0.15) is 0 Å². The molecule has 0 saturated carbocycles. The highest BCUT2D eigenvalue weighted by Crippen LogP contribution is 2.24. The number of carboxylic acid groups (broad SMARTS) is 1. The molecule has 9 heteroatoms. The summed E-state index contributed by atoms with van der Waals surface area (Å²) in [4.78, 5) is 28.9. The number of carbonyl (C=O) groups excluding carboxylic acids is 1. The van der Waals surface area contributed by atoms with Crippen LogP contribution in [0.15, 0.2) is 11.6 Å². The number of likely N-dealkylation sites (tertiary alicyclic amines) is 1. The smallest absolute Gasteiger partial charge is 0.407 e. The number of ether oxygens (including phenoxy) is 2. The van der Waals surface area contributed by atoms with Crippen LogP contribution in [-0.2, 0) is 16.1 Å². The predicted molar refractivity (Wildman–Crippen MR) is 98.4 cm³/mol. The Bertz CT molecular complexity index is 775. The molecule has 2 saturated heterocycles. The minimum Gasteiger partial charge on any atom is -0.481 e. The van der Waals surface area contributed by atoms with Gasteiger partial charge in [-0.1, -0.05) is 5.57 Å². The number of nitrogens with one attached hydrogen (secondary N) is 1. The Labute approximate surface area is 162 Å². The van der Waals surface area contributed by atoms with Gasteiger partial charge in [-0.25, -0.2) is 14.2 Å². The number of amides is 2. The number of nitrogens with zero attached hydrogens (tertiary/aromatic N) is 2. The van der Waals surface area contributed by atoms with Gasteiger partial charge in [0.25, 0.3) is 0 Å². The maximum atomic E-state index is 14.5. The number of aromatic nitrogens is 1. The molecule has 2 fully saturated rings. The van der Waals surface area contributed by atoms with Gasteiger partial charge >= 0.3 is 6.09 Å². The van der Waals surface area contributed by atoms with Crippen LogP contribution in [0.5, 0.6) is 5.88 Å². The molecule has 8 nitrogen and oxygen atoms in total. The van der Waals surface area contributed by atoms with Crippen molar-refractivity contribution < 1.29 is 28.6 Å². The molecule has 1 unspecified atom stereocenters. The number of hydrogen-bond donors (Lipinski definition) is 2. The highest BCUT2D eigenvalue weighted by molar-refractivity contribution is 5.85. The van der Waals surface area contributed by atoms with Gasteiger partial charge in [0.05, 0.1) is 20.3 Å². The van der Waals surface area contributed by atoms with E-state index in [1.54, 1.807) is 6.08 Å². The molecular formula is C19H24FN3O5. The minimum absolute atomic E-state index is 0.000573. The van der Waals surface area contributed by atoms with E-state index in [2.05, 4.69) is 10.3 Å². The van der Waals surface area contributed by atoms with Crippen LogP contribution in [0.4, 0.5) is 9.18 Å². The van der Waals surface area contributed by atoms with Gasteiger partial charge in [0.15, 0.2) is 0 Å². The number of methoxy groups -OCH3 is 1. The Balaban J connectivity index is 1.71. The van der Waals surface area contributed by atoms with Crippen molar-refractivity contribution in [2.24, 2.45) is 0 Å². The van der Waals surface area contributed by atoms with Crippen molar-refractivity contribution in [3.63, 3.8) is 0 Å². The molecule has 28 heavy (non-hydrogen) atoms. The van der Waals surface area contributed by atoms with Gasteiger partial charge in [-0.05, 0) is 37.8 Å². The maximum Gasteiger partial charge on any atom is 0.407 e. The van der Waals surface area contributed by atoms with Crippen molar-refractivity contribution in [1.82, 2.24) is 15.2 Å². The molecule has 152 valence electrons. The normalized spacial score (nSPS) is 19.4. The lowest BCUT2D eigenvalue weighted by molar-refractivity contribution is -0.125. The lowest BCUT2D eigenvalue weighted by Crippen LogP contribution is -2.45. The van der Waals surface area contributed by atoms with Gasteiger partial charge < -0.3 is 19.9 Å². The van der Waals surface area contributed by atoms with Crippen LogP contribution in [0.3, 0.4) is 0 Å². The molecule has 1 aromatic heterocycles. The van der Waals surface area contributed by atoms with E-state index in [-0.39, 0.29) is 18.1 Å². The monoisotopic (exact) mass is 393 g/mol. The number of pyridine rings is 1. The first kappa shape index (κ1) is 20.1. The second kappa shape index (κ2) is 9.01. The summed E-state index contributed by atoms with van der Waals surface area (Å²) in [6.07, 6.45) is 3.18. The third-order valence-corrected chi connectivity index (χ3v) is 4.97. The molecule has 0 aliphatic carbocycles. The summed E-state index contributed by atoms with van der Waals surface area (Å²) in [7, 11) is 1.43. The summed E-state index contributed by atoms with van der Waals surface area (Å²) in [6, 6.07) is 0.570. The first-order valence-electron chi connectivity index (χ1n) is 9.27. The van der Waals surface area contributed by atoms with Gasteiger partial charge in [0, 0.05) is 18.7 Å². The van der Waals surface area contributed by atoms with Gasteiger partial charge in [0.1, 0.15) is 17.6 Å². The largest absolute Gasteiger partial charge is 0.481 e. The van der Waals surface area contributed by atoms with Crippen LogP contribution >= 0.6 is 0 Å². The van der Waals surface area contributed by atoms with Crippen molar-refractivity contribution in [2.45, 2.75) is 38.3 Å². The minimum atomic E-state index is -1.12. The Morgan fingerprint density at radius 2 is 2.21 bits per heavy atom. The first-order valence-corrected chi connectivity index (χ1v) is 9.27. The lowest BCUT2D eigenvalue weighted by Gasteiger charge is -2.21. The molecule has 0 spiro atoms. The van der Waals surface area contributed by atoms with Crippen molar-refractivity contribution in [2.75, 3.05) is 26.9 Å². The second-order valence-electron chi connectivity index (χ2n) is 6.79. The fourth-order valence-electron chi connectivity index (χ4n) is 3.47. The average Bonchev–Trinajstić information content (AvgIpc) is 3.19. The fraction of sp³-hybridized carbons (Fsp3) is 0.526. The summed E-state index contributed by atoms with van der Waals surface area (Å²) >= 11 is 0. The summed E-state index contributed by atoms with van der Waals surface area (Å²) in [5.41, 5.74) is 1.65. The van der Waals surface area contributed by atoms with E-state index in [0.29, 0.717) is 38.2 Å². The summed E-state index contributed by atoms with van der Waals surface area (Å²) < 4.78 is 25.1. The highest BCUT2D eigenvalue weighted by Gasteiger charge is 2.33. The molecule has 1 atom stereocenters. The molecule has 1 aromatic rings. The van der Waals surface area contributed by atoms with Crippen molar-refractivity contribution in [1.29, 1.82) is 0 Å². The van der Waals surface area contributed by atoms with Crippen LogP contribution < -0.4 is 10.1 Å². The standard InChI is InChI=1S/C19H24FN3O5/c1-27-18-13(11-21-17(24)16-3-2-6-23(16)19(25)26)10-14(20)15(22-18)9-12-4-7-28-8-5-12/h9-10,16H,2-8,11H2,1H3,(H,21,24)(H,25,26). The first-order chi connectivity index (χ1) is 13.5.